The van der Waals surface area contributed by atoms with E-state index in [0.717, 1.165) is 34.8 Å². The predicted octanol–water partition coefficient (Wildman–Crippen LogP) is 1.58. The molecule has 5 N–H and O–H groups in total. The Kier molecular flexibility index (Phi) is 2.60. The number of benzene rings is 1. The quantitative estimate of drug-likeness (QED) is 0.649. The highest BCUT2D eigenvalue weighted by Gasteiger charge is 2.11. The molecule has 0 unspecified atom stereocenters. The minimum atomic E-state index is 0.492. The number of fused-ring (bicyclic) bond motifs is 3. The normalized spacial score (nSPS) is 11.4. The summed E-state index contributed by atoms with van der Waals surface area (Å²) in [6.45, 7) is 0.683. The van der Waals surface area contributed by atoms with Crippen LogP contribution in [0.3, 0.4) is 0 Å². The van der Waals surface area contributed by atoms with E-state index in [0.29, 0.717) is 12.4 Å². The molecule has 2 heterocycles. The number of nitrogen functional groups attached to an aromatic ring is 1. The van der Waals surface area contributed by atoms with Crippen LogP contribution in [-0.4, -0.2) is 21.5 Å². The predicted molar refractivity (Wildman–Crippen MR) is 73.2 cm³/mol. The molecule has 0 radical (unpaired) electrons. The van der Waals surface area contributed by atoms with Gasteiger partial charge in [0.25, 0.3) is 0 Å². The van der Waals surface area contributed by atoms with Gasteiger partial charge >= 0.3 is 0 Å². The van der Waals surface area contributed by atoms with Crippen molar-refractivity contribution in [3.8, 4) is 0 Å². The lowest BCUT2D eigenvalue weighted by Gasteiger charge is -2.07. The van der Waals surface area contributed by atoms with Gasteiger partial charge in [-0.25, -0.2) is 9.97 Å². The maximum atomic E-state index is 5.91. The van der Waals surface area contributed by atoms with Gasteiger partial charge in [0.15, 0.2) is 0 Å². The highest BCUT2D eigenvalue weighted by Crippen LogP contribution is 2.28. The van der Waals surface area contributed by atoms with Crippen LogP contribution in [0.1, 0.15) is 12.0 Å². The zero-order chi connectivity index (χ0) is 12.5. The van der Waals surface area contributed by atoms with Crippen molar-refractivity contribution in [2.24, 2.45) is 5.73 Å². The molecule has 1 aromatic carbocycles. The summed E-state index contributed by atoms with van der Waals surface area (Å²) in [7, 11) is 0. The molecular weight excluding hydrogens is 226 g/mol. The second-order valence-electron chi connectivity index (χ2n) is 4.33. The van der Waals surface area contributed by atoms with E-state index in [9.17, 15) is 0 Å². The molecule has 5 nitrogen and oxygen atoms in total. The Bertz CT molecular complexity index is 701. The molecule has 0 bridgehead atoms. The first-order valence-electron chi connectivity index (χ1n) is 6.01. The van der Waals surface area contributed by atoms with Crippen LogP contribution < -0.4 is 11.5 Å². The third kappa shape index (κ3) is 1.60. The number of aromatic nitrogens is 3. The number of aryl methyl sites for hydroxylation is 1. The third-order valence-electron chi connectivity index (χ3n) is 3.15. The lowest BCUT2D eigenvalue weighted by Crippen LogP contribution is -2.01. The number of aromatic amines is 1. The smallest absolute Gasteiger partial charge is 0.150 e. The van der Waals surface area contributed by atoms with Gasteiger partial charge in [-0.15, -0.1) is 0 Å². The molecular formula is C13H15N5. The van der Waals surface area contributed by atoms with Crippen LogP contribution in [0, 0.1) is 0 Å². The molecule has 0 spiro atoms. The highest BCUT2D eigenvalue weighted by atomic mass is 14.9. The molecule has 0 fully saturated rings. The molecule has 0 amide bonds. The van der Waals surface area contributed by atoms with Crippen LogP contribution >= 0.6 is 0 Å². The van der Waals surface area contributed by atoms with Gasteiger partial charge in [-0.3, -0.25) is 0 Å². The Morgan fingerprint density at radius 2 is 2.17 bits per heavy atom. The highest BCUT2D eigenvalue weighted by molar-refractivity contribution is 6.07. The van der Waals surface area contributed by atoms with Crippen molar-refractivity contribution in [1.82, 2.24) is 15.0 Å². The number of nitrogens with two attached hydrogens (primary N) is 2. The summed E-state index contributed by atoms with van der Waals surface area (Å²) in [5.74, 6) is 0.492. The molecule has 0 aliphatic heterocycles. The summed E-state index contributed by atoms with van der Waals surface area (Å²) in [5, 5.41) is 1.08. The van der Waals surface area contributed by atoms with E-state index < -0.39 is 0 Å². The summed E-state index contributed by atoms with van der Waals surface area (Å²) in [6, 6.07) is 6.06. The van der Waals surface area contributed by atoms with Gasteiger partial charge in [0.05, 0.1) is 11.8 Å². The van der Waals surface area contributed by atoms with Crippen LogP contribution in [0.25, 0.3) is 21.9 Å². The molecule has 5 heteroatoms. The fourth-order valence-electron chi connectivity index (χ4n) is 2.32. The Balaban J connectivity index is 2.33. The van der Waals surface area contributed by atoms with E-state index >= 15 is 0 Å². The SMILES string of the molecule is NCCCc1cccc2nc(N)c3[nH]cnc3c12. The zero-order valence-corrected chi connectivity index (χ0v) is 9.98. The fraction of sp³-hybridized carbons (Fsp3) is 0.231. The first-order chi connectivity index (χ1) is 8.81. The molecule has 0 saturated heterocycles. The lowest BCUT2D eigenvalue weighted by molar-refractivity contribution is 0.837. The van der Waals surface area contributed by atoms with Crippen molar-refractivity contribution in [3.63, 3.8) is 0 Å². The van der Waals surface area contributed by atoms with E-state index in [-0.39, 0.29) is 0 Å². The first-order valence-corrected chi connectivity index (χ1v) is 6.01. The van der Waals surface area contributed by atoms with Gasteiger partial charge in [0, 0.05) is 5.39 Å². The van der Waals surface area contributed by atoms with Crippen molar-refractivity contribution in [2.45, 2.75) is 12.8 Å². The Morgan fingerprint density at radius 3 is 3.00 bits per heavy atom. The molecule has 0 atom stereocenters. The molecule has 0 saturated carbocycles. The number of H-pyrrole nitrogens is 1. The van der Waals surface area contributed by atoms with Crippen molar-refractivity contribution < 1.29 is 0 Å². The van der Waals surface area contributed by atoms with E-state index in [1.807, 2.05) is 12.1 Å². The summed E-state index contributed by atoms with van der Waals surface area (Å²) in [5.41, 5.74) is 15.3. The number of pyridine rings is 1. The number of hydrogen-bond donors (Lipinski definition) is 3. The number of hydrogen-bond acceptors (Lipinski definition) is 4. The average molecular weight is 241 g/mol. The van der Waals surface area contributed by atoms with E-state index in [1.54, 1.807) is 6.33 Å². The number of imidazole rings is 1. The van der Waals surface area contributed by atoms with Crippen LogP contribution in [0.5, 0.6) is 0 Å². The number of rotatable bonds is 3. The van der Waals surface area contributed by atoms with Crippen molar-refractivity contribution in [2.75, 3.05) is 12.3 Å². The van der Waals surface area contributed by atoms with Crippen LogP contribution in [-0.2, 0) is 6.42 Å². The Hall–Kier alpha value is -2.14. The zero-order valence-electron chi connectivity index (χ0n) is 9.98. The molecule has 92 valence electrons. The minimum absolute atomic E-state index is 0.492. The van der Waals surface area contributed by atoms with Crippen molar-refractivity contribution in [3.05, 3.63) is 30.1 Å². The van der Waals surface area contributed by atoms with Crippen molar-refractivity contribution in [1.29, 1.82) is 0 Å². The number of nitrogens with zero attached hydrogens (tertiary/aromatic N) is 2. The van der Waals surface area contributed by atoms with Crippen LogP contribution in [0.2, 0.25) is 0 Å². The van der Waals surface area contributed by atoms with Gasteiger partial charge in [0.1, 0.15) is 16.9 Å². The van der Waals surface area contributed by atoms with Crippen LogP contribution in [0.15, 0.2) is 24.5 Å². The summed E-state index contributed by atoms with van der Waals surface area (Å²) in [4.78, 5) is 11.8. The number of nitrogens with one attached hydrogen (secondary N) is 1. The van der Waals surface area contributed by atoms with E-state index in [4.69, 9.17) is 11.5 Å². The molecule has 3 rings (SSSR count). The van der Waals surface area contributed by atoms with Gasteiger partial charge in [-0.05, 0) is 31.0 Å². The monoisotopic (exact) mass is 241 g/mol. The minimum Gasteiger partial charge on any atom is -0.382 e. The van der Waals surface area contributed by atoms with E-state index in [2.05, 4.69) is 21.0 Å². The maximum absolute atomic E-state index is 5.91. The second-order valence-corrected chi connectivity index (χ2v) is 4.33. The van der Waals surface area contributed by atoms with Gasteiger partial charge in [-0.1, -0.05) is 12.1 Å². The molecule has 0 aliphatic carbocycles. The van der Waals surface area contributed by atoms with Gasteiger partial charge < -0.3 is 16.5 Å². The Morgan fingerprint density at radius 1 is 1.28 bits per heavy atom. The standard InChI is InChI=1S/C13H15N5/c14-6-2-4-8-3-1-5-9-10(8)11-12(13(15)18-9)17-7-16-11/h1,3,5,7H,2,4,6,14H2,(H2,15,18)(H,16,17). The summed E-state index contributed by atoms with van der Waals surface area (Å²) < 4.78 is 0. The molecule has 3 aromatic rings. The van der Waals surface area contributed by atoms with E-state index in [1.165, 1.54) is 5.56 Å². The Labute approximate surface area is 104 Å². The fourth-order valence-corrected chi connectivity index (χ4v) is 2.32. The third-order valence-corrected chi connectivity index (χ3v) is 3.15. The maximum Gasteiger partial charge on any atom is 0.150 e. The topological polar surface area (TPSA) is 93.6 Å². The summed E-state index contributed by atoms with van der Waals surface area (Å²) in [6.07, 6.45) is 3.54. The molecule has 2 aromatic heterocycles. The van der Waals surface area contributed by atoms with Gasteiger partial charge in [0.2, 0.25) is 0 Å². The second kappa shape index (κ2) is 4.27. The van der Waals surface area contributed by atoms with Crippen molar-refractivity contribution >= 4 is 27.8 Å². The van der Waals surface area contributed by atoms with Crippen LogP contribution in [0.4, 0.5) is 5.82 Å². The average Bonchev–Trinajstić information content (AvgIpc) is 2.86. The summed E-state index contributed by atoms with van der Waals surface area (Å²) >= 11 is 0. The number of anilines is 1. The molecule has 18 heavy (non-hydrogen) atoms. The largest absolute Gasteiger partial charge is 0.382 e. The van der Waals surface area contributed by atoms with Gasteiger partial charge in [-0.2, -0.15) is 0 Å². The first kappa shape index (κ1) is 11.0. The lowest BCUT2D eigenvalue weighted by atomic mass is 10.0. The molecule has 0 aliphatic rings.